The molecule has 0 saturated heterocycles. The van der Waals surface area contributed by atoms with Crippen LogP contribution < -0.4 is 5.32 Å². The predicted molar refractivity (Wildman–Crippen MR) is 73.6 cm³/mol. The molecule has 1 fully saturated rings. The number of alkyl carbamates (subject to hydrolysis) is 1. The van der Waals surface area contributed by atoms with Crippen LogP contribution in [0.4, 0.5) is 4.79 Å². The number of ether oxygens (including phenoxy) is 1. The van der Waals surface area contributed by atoms with Crippen LogP contribution in [0.2, 0.25) is 0 Å². The first-order valence-electron chi connectivity index (χ1n) is 6.48. The Morgan fingerprint density at radius 2 is 2.21 bits per heavy atom. The molecular formula is C15H19NO3. The lowest BCUT2D eigenvalue weighted by molar-refractivity contribution is 0.0116. The second-order valence-corrected chi connectivity index (χ2v) is 4.81. The van der Waals surface area contributed by atoms with E-state index in [0.717, 1.165) is 18.4 Å². The molecule has 1 aromatic rings. The highest BCUT2D eigenvalue weighted by molar-refractivity contribution is 5.68. The number of nitrogens with one attached hydrogen (secondary N) is 1. The van der Waals surface area contributed by atoms with E-state index in [1.165, 1.54) is 0 Å². The highest BCUT2D eigenvalue weighted by Gasteiger charge is 2.27. The van der Waals surface area contributed by atoms with Crippen molar-refractivity contribution in [2.45, 2.75) is 38.0 Å². The van der Waals surface area contributed by atoms with Crippen molar-refractivity contribution in [3.63, 3.8) is 0 Å². The summed E-state index contributed by atoms with van der Waals surface area (Å²) in [5, 5.41) is 13.0. The summed E-state index contributed by atoms with van der Waals surface area (Å²) < 4.78 is 5.18. The van der Waals surface area contributed by atoms with E-state index in [1.807, 2.05) is 18.2 Å². The highest BCUT2D eigenvalue weighted by atomic mass is 16.6. The van der Waals surface area contributed by atoms with Crippen molar-refractivity contribution in [1.29, 1.82) is 0 Å². The number of hydrogen-bond acceptors (Lipinski definition) is 3. The molecule has 1 aliphatic rings. The summed E-state index contributed by atoms with van der Waals surface area (Å²) in [5.74, 6) is 0. The maximum atomic E-state index is 11.5. The first-order valence-corrected chi connectivity index (χ1v) is 6.48. The van der Waals surface area contributed by atoms with Crippen LogP contribution in [-0.2, 0) is 4.74 Å². The van der Waals surface area contributed by atoms with Crippen LogP contribution in [0.15, 0.2) is 30.8 Å². The van der Waals surface area contributed by atoms with Gasteiger partial charge in [0.2, 0.25) is 0 Å². The van der Waals surface area contributed by atoms with E-state index in [4.69, 9.17) is 4.74 Å². The zero-order valence-electron chi connectivity index (χ0n) is 11.0. The molecule has 2 atom stereocenters. The Bertz CT molecular complexity index is 468. The average molecular weight is 261 g/mol. The Labute approximate surface area is 113 Å². The molecule has 0 spiro atoms. The Kier molecular flexibility index (Phi) is 4.22. The van der Waals surface area contributed by atoms with Gasteiger partial charge in [-0.1, -0.05) is 36.9 Å². The van der Waals surface area contributed by atoms with Crippen molar-refractivity contribution < 1.29 is 14.6 Å². The Balaban J connectivity index is 1.98. The first kappa shape index (κ1) is 13.6. The third-order valence-electron chi connectivity index (χ3n) is 3.17. The monoisotopic (exact) mass is 261 g/mol. The van der Waals surface area contributed by atoms with Gasteiger partial charge in [0.25, 0.3) is 0 Å². The van der Waals surface area contributed by atoms with Crippen molar-refractivity contribution in [3.8, 4) is 0 Å². The van der Waals surface area contributed by atoms with Gasteiger partial charge in [-0.15, -0.1) is 0 Å². The van der Waals surface area contributed by atoms with Crippen LogP contribution in [0.25, 0.3) is 6.08 Å². The number of carbonyl (C=O) groups excluding carboxylic acids is 1. The number of hydrogen-bond donors (Lipinski definition) is 2. The van der Waals surface area contributed by atoms with Crippen molar-refractivity contribution in [3.05, 3.63) is 42.0 Å². The van der Waals surface area contributed by atoms with Gasteiger partial charge >= 0.3 is 6.09 Å². The number of aliphatic hydroxyl groups is 1. The molecular weight excluding hydrogens is 242 g/mol. The Morgan fingerprint density at radius 3 is 2.84 bits per heavy atom. The van der Waals surface area contributed by atoms with Gasteiger partial charge in [0.05, 0.1) is 0 Å². The standard InChI is InChI=1S/C15H19NO3/c1-3-11-6-4-5-7-13(11)14(17)10(2)19-15(18)16-12-8-9-12/h3-7,10,12,14,17H,1,8-9H2,2H3,(H,16,18)/t10-,14+/m1/s1. The van der Waals surface area contributed by atoms with Crippen LogP contribution in [0.3, 0.4) is 0 Å². The average Bonchev–Trinajstić information content (AvgIpc) is 3.21. The van der Waals surface area contributed by atoms with Gasteiger partial charge in [-0.3, -0.25) is 0 Å². The fraction of sp³-hybridized carbons (Fsp3) is 0.400. The molecule has 2 rings (SSSR count). The molecule has 4 nitrogen and oxygen atoms in total. The van der Waals surface area contributed by atoms with E-state index in [0.29, 0.717) is 5.56 Å². The van der Waals surface area contributed by atoms with E-state index >= 15 is 0 Å². The van der Waals surface area contributed by atoms with Gasteiger partial charge in [-0.2, -0.15) is 0 Å². The van der Waals surface area contributed by atoms with Crippen LogP contribution in [-0.4, -0.2) is 23.3 Å². The van der Waals surface area contributed by atoms with Crippen molar-refractivity contribution in [1.82, 2.24) is 5.32 Å². The molecule has 2 N–H and O–H groups in total. The number of rotatable bonds is 5. The number of aliphatic hydroxyl groups excluding tert-OH is 1. The molecule has 0 unspecified atom stereocenters. The maximum Gasteiger partial charge on any atom is 0.407 e. The Hall–Kier alpha value is -1.81. The van der Waals surface area contributed by atoms with E-state index in [1.54, 1.807) is 19.1 Å². The van der Waals surface area contributed by atoms with Crippen molar-refractivity contribution >= 4 is 12.2 Å². The molecule has 1 aromatic carbocycles. The molecule has 0 bridgehead atoms. The molecule has 1 saturated carbocycles. The molecule has 4 heteroatoms. The fourth-order valence-corrected chi connectivity index (χ4v) is 1.88. The minimum absolute atomic E-state index is 0.248. The van der Waals surface area contributed by atoms with E-state index in [2.05, 4.69) is 11.9 Å². The van der Waals surface area contributed by atoms with Crippen LogP contribution in [0, 0.1) is 0 Å². The smallest absolute Gasteiger partial charge is 0.407 e. The van der Waals surface area contributed by atoms with Crippen LogP contribution >= 0.6 is 0 Å². The largest absolute Gasteiger partial charge is 0.443 e. The minimum atomic E-state index is -0.862. The van der Waals surface area contributed by atoms with E-state index in [9.17, 15) is 9.90 Å². The second kappa shape index (κ2) is 5.89. The molecule has 0 heterocycles. The SMILES string of the molecule is C=Cc1ccccc1[C@@H](O)[C@@H](C)OC(=O)NC1CC1. The van der Waals surface area contributed by atoms with Crippen molar-refractivity contribution in [2.24, 2.45) is 0 Å². The molecule has 1 amide bonds. The van der Waals surface area contributed by atoms with Gasteiger partial charge in [0.1, 0.15) is 12.2 Å². The zero-order valence-corrected chi connectivity index (χ0v) is 11.0. The molecule has 0 aliphatic heterocycles. The minimum Gasteiger partial charge on any atom is -0.443 e. The van der Waals surface area contributed by atoms with Gasteiger partial charge in [0, 0.05) is 6.04 Å². The van der Waals surface area contributed by atoms with Gasteiger partial charge < -0.3 is 15.2 Å². The molecule has 0 aromatic heterocycles. The summed E-state index contributed by atoms with van der Waals surface area (Å²) in [4.78, 5) is 11.5. The fourth-order valence-electron chi connectivity index (χ4n) is 1.88. The normalized spacial score (nSPS) is 17.4. The van der Waals surface area contributed by atoms with E-state index in [-0.39, 0.29) is 6.04 Å². The lowest BCUT2D eigenvalue weighted by atomic mass is 9.99. The molecule has 0 radical (unpaired) electrons. The summed E-state index contributed by atoms with van der Waals surface area (Å²) in [6.45, 7) is 5.39. The first-order chi connectivity index (χ1) is 9.11. The predicted octanol–water partition coefficient (Wildman–Crippen LogP) is 2.64. The maximum absolute atomic E-state index is 11.5. The van der Waals surface area contributed by atoms with Gasteiger partial charge in [-0.05, 0) is 30.9 Å². The molecule has 19 heavy (non-hydrogen) atoms. The highest BCUT2D eigenvalue weighted by Crippen LogP contribution is 2.24. The third kappa shape index (κ3) is 3.58. The third-order valence-corrected chi connectivity index (χ3v) is 3.17. The summed E-state index contributed by atoms with van der Waals surface area (Å²) in [6.07, 6.45) is 1.75. The Morgan fingerprint density at radius 1 is 1.53 bits per heavy atom. The van der Waals surface area contributed by atoms with Crippen molar-refractivity contribution in [2.75, 3.05) is 0 Å². The number of benzene rings is 1. The lowest BCUT2D eigenvalue weighted by Crippen LogP contribution is -2.32. The topological polar surface area (TPSA) is 58.6 Å². The second-order valence-electron chi connectivity index (χ2n) is 4.81. The number of amides is 1. The summed E-state index contributed by atoms with van der Waals surface area (Å²) >= 11 is 0. The van der Waals surface area contributed by atoms with Gasteiger partial charge in [0.15, 0.2) is 0 Å². The lowest BCUT2D eigenvalue weighted by Gasteiger charge is -2.21. The molecule has 102 valence electrons. The van der Waals surface area contributed by atoms with Gasteiger partial charge in [-0.25, -0.2) is 4.79 Å². The van der Waals surface area contributed by atoms with E-state index < -0.39 is 18.3 Å². The summed E-state index contributed by atoms with van der Waals surface area (Å²) in [7, 11) is 0. The quantitative estimate of drug-likeness (QED) is 0.856. The summed E-state index contributed by atoms with van der Waals surface area (Å²) in [6, 6.07) is 7.63. The zero-order chi connectivity index (χ0) is 13.8. The molecule has 1 aliphatic carbocycles. The van der Waals surface area contributed by atoms with Crippen LogP contribution in [0.1, 0.15) is 37.0 Å². The number of carbonyl (C=O) groups is 1. The van der Waals surface area contributed by atoms with Crippen LogP contribution in [0.5, 0.6) is 0 Å². The summed E-state index contributed by atoms with van der Waals surface area (Å²) in [5.41, 5.74) is 1.55.